The number of rotatable bonds is 3. The van der Waals surface area contributed by atoms with E-state index in [9.17, 15) is 13.2 Å². The molecule has 0 bridgehead atoms. The lowest BCUT2D eigenvalue weighted by atomic mass is 10.4. The Kier molecular flexibility index (Phi) is 3.39. The predicted octanol–water partition coefficient (Wildman–Crippen LogP) is 1.66. The summed E-state index contributed by atoms with van der Waals surface area (Å²) in [6.07, 6.45) is -1.53. The van der Waals surface area contributed by atoms with Crippen LogP contribution in [-0.4, -0.2) is 19.9 Å². The maximum Gasteiger partial charge on any atom is 0.433 e. The summed E-state index contributed by atoms with van der Waals surface area (Å²) < 4.78 is 37.7. The van der Waals surface area contributed by atoms with E-state index < -0.39 is 11.9 Å². The molecule has 2 rings (SSSR count). The summed E-state index contributed by atoms with van der Waals surface area (Å²) in [4.78, 5) is 13.6. The van der Waals surface area contributed by atoms with Crippen molar-refractivity contribution >= 4 is 17.7 Å². The molecule has 10 heteroatoms. The highest BCUT2D eigenvalue weighted by atomic mass is 32.2. The van der Waals surface area contributed by atoms with E-state index in [2.05, 4.69) is 19.9 Å². The molecule has 0 radical (unpaired) electrons. The zero-order valence-corrected chi connectivity index (χ0v) is 9.51. The Morgan fingerprint density at radius 3 is 2.67 bits per heavy atom. The van der Waals surface area contributed by atoms with Gasteiger partial charge in [-0.2, -0.15) is 13.2 Å². The summed E-state index contributed by atoms with van der Waals surface area (Å²) in [5.74, 6) is 4.72. The lowest BCUT2D eigenvalue weighted by Crippen LogP contribution is -2.15. The van der Waals surface area contributed by atoms with E-state index in [1.807, 2.05) is 5.43 Å². The first-order chi connectivity index (χ1) is 8.49. The van der Waals surface area contributed by atoms with Crippen molar-refractivity contribution < 1.29 is 13.2 Å². The molecule has 0 spiro atoms. The Morgan fingerprint density at radius 1 is 1.33 bits per heavy atom. The molecule has 0 aliphatic rings. The van der Waals surface area contributed by atoms with Gasteiger partial charge in [-0.3, -0.25) is 5.43 Å². The number of aromatic amines is 1. The number of nitrogens with two attached hydrogens (primary N) is 1. The lowest BCUT2D eigenvalue weighted by molar-refractivity contribution is -0.141. The second kappa shape index (κ2) is 4.82. The summed E-state index contributed by atoms with van der Waals surface area (Å²) in [5, 5.41) is 0.505. The van der Waals surface area contributed by atoms with E-state index in [1.165, 1.54) is 6.20 Å². The van der Waals surface area contributed by atoms with Crippen LogP contribution >= 0.6 is 11.8 Å². The van der Waals surface area contributed by atoms with Crippen LogP contribution in [0, 0.1) is 0 Å². The van der Waals surface area contributed by atoms with Crippen LogP contribution in [0.5, 0.6) is 0 Å². The van der Waals surface area contributed by atoms with Gasteiger partial charge in [-0.25, -0.2) is 20.8 Å². The molecular weight excluding hydrogens is 269 g/mol. The van der Waals surface area contributed by atoms with Crippen LogP contribution in [0.2, 0.25) is 0 Å². The highest BCUT2D eigenvalue weighted by Crippen LogP contribution is 2.32. The first kappa shape index (κ1) is 12.6. The fourth-order valence-electron chi connectivity index (χ4n) is 1.09. The molecule has 2 heterocycles. The van der Waals surface area contributed by atoms with Crippen LogP contribution < -0.4 is 11.3 Å². The third-order valence-corrected chi connectivity index (χ3v) is 2.63. The fraction of sp³-hybridized carbons (Fsp3) is 0.125. The van der Waals surface area contributed by atoms with Crippen molar-refractivity contribution in [3.05, 3.63) is 24.2 Å². The molecule has 2 aromatic heterocycles. The average molecular weight is 276 g/mol. The van der Waals surface area contributed by atoms with E-state index in [-0.39, 0.29) is 11.0 Å². The van der Waals surface area contributed by atoms with Gasteiger partial charge in [0, 0.05) is 18.5 Å². The minimum Gasteiger partial charge on any atom is -0.339 e. The number of imidazole rings is 1. The van der Waals surface area contributed by atoms with Gasteiger partial charge in [0.25, 0.3) is 0 Å². The molecule has 0 saturated heterocycles. The number of halogens is 3. The Bertz CT molecular complexity index is 526. The van der Waals surface area contributed by atoms with Crippen molar-refractivity contribution in [3.63, 3.8) is 0 Å². The Balaban J connectivity index is 2.35. The summed E-state index contributed by atoms with van der Waals surface area (Å²) in [5.41, 5.74) is 0.923. The first-order valence-corrected chi connectivity index (χ1v) is 5.41. The molecule has 0 fully saturated rings. The van der Waals surface area contributed by atoms with Gasteiger partial charge in [0.05, 0.1) is 0 Å². The van der Waals surface area contributed by atoms with E-state index >= 15 is 0 Å². The monoisotopic (exact) mass is 276 g/mol. The number of hydrogen-bond donors (Lipinski definition) is 3. The maximum atomic E-state index is 12.6. The highest BCUT2D eigenvalue weighted by Gasteiger charge is 2.33. The summed E-state index contributed by atoms with van der Waals surface area (Å²) in [7, 11) is 0. The Morgan fingerprint density at radius 2 is 2.11 bits per heavy atom. The molecule has 0 aliphatic carbocycles. The summed E-state index contributed by atoms with van der Waals surface area (Å²) >= 11 is 0.941. The van der Waals surface area contributed by atoms with Crippen molar-refractivity contribution in [2.75, 3.05) is 5.43 Å². The number of nitrogens with one attached hydrogen (secondary N) is 2. The largest absolute Gasteiger partial charge is 0.433 e. The smallest absolute Gasteiger partial charge is 0.339 e. The van der Waals surface area contributed by atoms with E-state index in [0.29, 0.717) is 5.16 Å². The number of H-pyrrole nitrogens is 1. The van der Waals surface area contributed by atoms with Gasteiger partial charge in [0.2, 0.25) is 5.95 Å². The SMILES string of the molecule is NNc1nc(Sc2ncc[nH]2)cc(C(F)(F)F)n1. The van der Waals surface area contributed by atoms with Crippen LogP contribution in [0.1, 0.15) is 5.69 Å². The summed E-state index contributed by atoms with van der Waals surface area (Å²) in [6.45, 7) is 0. The second-order valence-corrected chi connectivity index (χ2v) is 4.06. The van der Waals surface area contributed by atoms with Crippen molar-refractivity contribution in [1.29, 1.82) is 0 Å². The third kappa shape index (κ3) is 2.90. The fourth-order valence-corrected chi connectivity index (χ4v) is 1.83. The van der Waals surface area contributed by atoms with E-state index in [0.717, 1.165) is 17.8 Å². The zero-order chi connectivity index (χ0) is 13.2. The molecule has 6 nitrogen and oxygen atoms in total. The quantitative estimate of drug-likeness (QED) is 0.448. The van der Waals surface area contributed by atoms with Crippen molar-refractivity contribution in [2.45, 2.75) is 16.4 Å². The minimum absolute atomic E-state index is 0.0835. The second-order valence-electron chi connectivity index (χ2n) is 3.05. The number of aromatic nitrogens is 4. The van der Waals surface area contributed by atoms with Crippen LogP contribution in [0.25, 0.3) is 0 Å². The average Bonchev–Trinajstić information content (AvgIpc) is 2.80. The van der Waals surface area contributed by atoms with Gasteiger partial charge in [-0.05, 0) is 11.8 Å². The number of hydrogen-bond acceptors (Lipinski definition) is 6. The standard InChI is InChI=1S/C8H7F3N6S/c9-8(10,11)4-3-5(16-6(15-4)17-12)18-7-13-1-2-14-7/h1-3H,12H2,(H,13,14)(H,15,16,17). The predicted molar refractivity (Wildman–Crippen MR) is 57.6 cm³/mol. The number of hydrazine groups is 1. The number of nitrogen functional groups attached to an aromatic ring is 1. The molecule has 4 N–H and O–H groups in total. The van der Waals surface area contributed by atoms with Gasteiger partial charge < -0.3 is 4.98 Å². The normalized spacial score (nSPS) is 11.6. The lowest BCUT2D eigenvalue weighted by Gasteiger charge is -2.08. The molecule has 2 aromatic rings. The Hall–Kier alpha value is -1.81. The van der Waals surface area contributed by atoms with Crippen molar-refractivity contribution in [1.82, 2.24) is 19.9 Å². The number of alkyl halides is 3. The first-order valence-electron chi connectivity index (χ1n) is 4.59. The molecule has 0 aromatic carbocycles. The van der Waals surface area contributed by atoms with Crippen molar-refractivity contribution in [2.24, 2.45) is 5.84 Å². The maximum absolute atomic E-state index is 12.6. The van der Waals surface area contributed by atoms with Gasteiger partial charge in [0.15, 0.2) is 10.9 Å². The summed E-state index contributed by atoms with van der Waals surface area (Å²) in [6, 6.07) is 0.827. The van der Waals surface area contributed by atoms with Gasteiger partial charge in [-0.1, -0.05) is 0 Å². The molecule has 0 aliphatic heterocycles. The molecule has 18 heavy (non-hydrogen) atoms. The van der Waals surface area contributed by atoms with Crippen LogP contribution in [-0.2, 0) is 6.18 Å². The third-order valence-electron chi connectivity index (χ3n) is 1.80. The van der Waals surface area contributed by atoms with Crippen molar-refractivity contribution in [3.8, 4) is 0 Å². The molecule has 0 atom stereocenters. The zero-order valence-electron chi connectivity index (χ0n) is 8.69. The Labute approximate surface area is 103 Å². The molecule has 96 valence electrons. The van der Waals surface area contributed by atoms with E-state index in [1.54, 1.807) is 6.20 Å². The van der Waals surface area contributed by atoms with Crippen LogP contribution in [0.4, 0.5) is 19.1 Å². The molecular formula is C8H7F3N6S. The highest BCUT2D eigenvalue weighted by molar-refractivity contribution is 7.99. The van der Waals surface area contributed by atoms with Gasteiger partial charge >= 0.3 is 6.18 Å². The van der Waals surface area contributed by atoms with E-state index in [4.69, 9.17) is 5.84 Å². The minimum atomic E-state index is -4.56. The number of anilines is 1. The topological polar surface area (TPSA) is 92.5 Å². The molecule has 0 saturated carbocycles. The van der Waals surface area contributed by atoms with Gasteiger partial charge in [0.1, 0.15) is 5.03 Å². The molecule has 0 amide bonds. The van der Waals surface area contributed by atoms with Gasteiger partial charge in [-0.15, -0.1) is 0 Å². The van der Waals surface area contributed by atoms with Crippen LogP contribution in [0.3, 0.4) is 0 Å². The molecule has 0 unspecified atom stereocenters. The van der Waals surface area contributed by atoms with Crippen LogP contribution in [0.15, 0.2) is 28.6 Å². The number of nitrogens with zero attached hydrogens (tertiary/aromatic N) is 3.